The fourth-order valence-electron chi connectivity index (χ4n) is 1.93. The Kier molecular flexibility index (Phi) is 3.71. The summed E-state index contributed by atoms with van der Waals surface area (Å²) in [7, 11) is 0. The highest BCUT2D eigenvalue weighted by atomic mass is 19.4. The molecule has 5 nitrogen and oxygen atoms in total. The first kappa shape index (κ1) is 15.0. The molecule has 8 heteroatoms. The Morgan fingerprint density at radius 1 is 1.24 bits per heavy atom. The lowest BCUT2D eigenvalue weighted by atomic mass is 10.1. The number of piperazine rings is 1. The van der Waals surface area contributed by atoms with Gasteiger partial charge in [0.25, 0.3) is 5.91 Å². The molecule has 0 spiro atoms. The average molecular weight is 300 g/mol. The summed E-state index contributed by atoms with van der Waals surface area (Å²) < 4.78 is 37.3. The minimum atomic E-state index is -4.49. The van der Waals surface area contributed by atoms with Crippen molar-refractivity contribution in [3.8, 4) is 0 Å². The maximum absolute atomic E-state index is 12.4. The second kappa shape index (κ2) is 5.19. The number of alkyl halides is 3. The fourth-order valence-corrected chi connectivity index (χ4v) is 1.93. The third-order valence-corrected chi connectivity index (χ3v) is 3.14. The van der Waals surface area contributed by atoms with Gasteiger partial charge in [-0.3, -0.25) is 19.7 Å². The van der Waals surface area contributed by atoms with E-state index in [-0.39, 0.29) is 12.1 Å². The molecule has 0 radical (unpaired) electrons. The minimum absolute atomic E-state index is 0.0163. The molecule has 1 fully saturated rings. The molecule has 1 aliphatic heterocycles. The lowest BCUT2D eigenvalue weighted by Gasteiger charge is -2.31. The first-order chi connectivity index (χ1) is 9.70. The van der Waals surface area contributed by atoms with E-state index in [1.807, 2.05) is 0 Å². The van der Waals surface area contributed by atoms with Crippen molar-refractivity contribution in [2.24, 2.45) is 0 Å². The van der Waals surface area contributed by atoms with Gasteiger partial charge in [-0.2, -0.15) is 13.2 Å². The van der Waals surface area contributed by atoms with Gasteiger partial charge in [-0.1, -0.05) is 0 Å². The molecule has 3 amide bonds. The van der Waals surface area contributed by atoms with E-state index >= 15 is 0 Å². The molecule has 1 atom stereocenters. The van der Waals surface area contributed by atoms with Crippen LogP contribution in [0.2, 0.25) is 0 Å². The van der Waals surface area contributed by atoms with E-state index in [1.54, 1.807) is 0 Å². The van der Waals surface area contributed by atoms with Crippen molar-refractivity contribution in [1.29, 1.82) is 0 Å². The molecular weight excluding hydrogens is 289 g/mol. The van der Waals surface area contributed by atoms with Gasteiger partial charge >= 0.3 is 6.18 Å². The SMILES string of the molecule is CC1C(=O)NC(=O)CN1C(=O)c1ccc(C(F)(F)F)cc1. The fraction of sp³-hybridized carbons (Fsp3) is 0.308. The Balaban J connectivity index is 2.23. The molecule has 0 aromatic heterocycles. The number of hydrogen-bond donors (Lipinski definition) is 1. The van der Waals surface area contributed by atoms with Crippen LogP contribution in [-0.4, -0.2) is 35.2 Å². The van der Waals surface area contributed by atoms with Gasteiger partial charge in [0.2, 0.25) is 11.8 Å². The van der Waals surface area contributed by atoms with Gasteiger partial charge in [-0.05, 0) is 31.2 Å². The molecule has 1 aromatic carbocycles. The van der Waals surface area contributed by atoms with E-state index in [0.29, 0.717) is 0 Å². The number of carbonyl (C=O) groups is 3. The van der Waals surface area contributed by atoms with Crippen LogP contribution in [0.15, 0.2) is 24.3 Å². The molecule has 1 unspecified atom stereocenters. The monoisotopic (exact) mass is 300 g/mol. The quantitative estimate of drug-likeness (QED) is 0.792. The zero-order chi connectivity index (χ0) is 15.8. The summed E-state index contributed by atoms with van der Waals surface area (Å²) in [6.07, 6.45) is -4.49. The lowest BCUT2D eigenvalue weighted by Crippen LogP contribution is -2.58. The summed E-state index contributed by atoms with van der Waals surface area (Å²) in [5, 5.41) is 2.07. The Morgan fingerprint density at radius 3 is 2.33 bits per heavy atom. The van der Waals surface area contributed by atoms with Crippen molar-refractivity contribution in [2.75, 3.05) is 6.54 Å². The smallest absolute Gasteiger partial charge is 0.318 e. The number of imide groups is 1. The molecular formula is C13H11F3N2O3. The molecule has 0 saturated carbocycles. The number of hydrogen-bond acceptors (Lipinski definition) is 3. The van der Waals surface area contributed by atoms with Gasteiger partial charge in [0.15, 0.2) is 0 Å². The summed E-state index contributed by atoms with van der Waals surface area (Å²) in [5.74, 6) is -1.91. The third kappa shape index (κ3) is 3.04. The van der Waals surface area contributed by atoms with Crippen LogP contribution in [0.1, 0.15) is 22.8 Å². The molecule has 1 aliphatic rings. The molecule has 0 aliphatic carbocycles. The van der Waals surface area contributed by atoms with Crippen LogP contribution in [0, 0.1) is 0 Å². The van der Waals surface area contributed by atoms with Crippen LogP contribution >= 0.6 is 0 Å². The van der Waals surface area contributed by atoms with Gasteiger partial charge in [0.1, 0.15) is 12.6 Å². The first-order valence-electron chi connectivity index (χ1n) is 6.02. The van der Waals surface area contributed by atoms with E-state index in [9.17, 15) is 27.6 Å². The van der Waals surface area contributed by atoms with Gasteiger partial charge < -0.3 is 4.90 Å². The predicted octanol–water partition coefficient (Wildman–Crippen LogP) is 1.19. The second-order valence-electron chi connectivity index (χ2n) is 4.60. The maximum atomic E-state index is 12.4. The Bertz CT molecular complexity index is 596. The number of carbonyl (C=O) groups excluding carboxylic acids is 3. The molecule has 0 bridgehead atoms. The predicted molar refractivity (Wildman–Crippen MR) is 65.1 cm³/mol. The van der Waals surface area contributed by atoms with Crippen LogP contribution in [-0.2, 0) is 15.8 Å². The normalized spacial score (nSPS) is 19.4. The van der Waals surface area contributed by atoms with Crippen molar-refractivity contribution in [2.45, 2.75) is 19.1 Å². The van der Waals surface area contributed by atoms with E-state index < -0.39 is 35.5 Å². The number of benzene rings is 1. The van der Waals surface area contributed by atoms with Crippen LogP contribution in [0.3, 0.4) is 0 Å². The highest BCUT2D eigenvalue weighted by molar-refractivity contribution is 6.07. The van der Waals surface area contributed by atoms with E-state index in [4.69, 9.17) is 0 Å². The highest BCUT2D eigenvalue weighted by Gasteiger charge is 2.35. The van der Waals surface area contributed by atoms with Gasteiger partial charge in [0.05, 0.1) is 5.56 Å². The minimum Gasteiger partial charge on any atom is -0.318 e. The summed E-state index contributed by atoms with van der Waals surface area (Å²) in [6, 6.07) is 2.74. The van der Waals surface area contributed by atoms with E-state index in [1.165, 1.54) is 6.92 Å². The molecule has 2 rings (SSSR count). The Morgan fingerprint density at radius 2 is 1.81 bits per heavy atom. The average Bonchev–Trinajstić information content (AvgIpc) is 2.41. The zero-order valence-corrected chi connectivity index (χ0v) is 10.9. The van der Waals surface area contributed by atoms with Crippen LogP contribution in [0.5, 0.6) is 0 Å². The molecule has 1 N–H and O–H groups in total. The van der Waals surface area contributed by atoms with Crippen molar-refractivity contribution in [3.63, 3.8) is 0 Å². The number of nitrogens with one attached hydrogen (secondary N) is 1. The molecule has 1 heterocycles. The van der Waals surface area contributed by atoms with Crippen molar-refractivity contribution < 1.29 is 27.6 Å². The first-order valence-corrected chi connectivity index (χ1v) is 6.02. The summed E-state index contributed by atoms with van der Waals surface area (Å²) in [5.41, 5.74) is -0.892. The topological polar surface area (TPSA) is 66.5 Å². The van der Waals surface area contributed by atoms with Crippen LogP contribution in [0.4, 0.5) is 13.2 Å². The van der Waals surface area contributed by atoms with Gasteiger partial charge in [-0.25, -0.2) is 0 Å². The molecule has 1 aromatic rings. The summed E-state index contributed by atoms with van der Waals surface area (Å²) >= 11 is 0. The van der Waals surface area contributed by atoms with Crippen molar-refractivity contribution in [3.05, 3.63) is 35.4 Å². The maximum Gasteiger partial charge on any atom is 0.416 e. The Hall–Kier alpha value is -2.38. The number of halogens is 3. The number of rotatable bonds is 1. The zero-order valence-electron chi connectivity index (χ0n) is 10.9. The third-order valence-electron chi connectivity index (χ3n) is 3.14. The van der Waals surface area contributed by atoms with Crippen LogP contribution < -0.4 is 5.32 Å². The molecule has 112 valence electrons. The van der Waals surface area contributed by atoms with E-state index in [0.717, 1.165) is 29.2 Å². The van der Waals surface area contributed by atoms with Crippen LogP contribution in [0.25, 0.3) is 0 Å². The van der Waals surface area contributed by atoms with Gasteiger partial charge in [-0.15, -0.1) is 0 Å². The number of nitrogens with zero attached hydrogens (tertiary/aromatic N) is 1. The summed E-state index contributed by atoms with van der Waals surface area (Å²) in [4.78, 5) is 35.9. The summed E-state index contributed by atoms with van der Waals surface area (Å²) in [6.45, 7) is 1.12. The molecule has 1 saturated heterocycles. The van der Waals surface area contributed by atoms with Crippen molar-refractivity contribution in [1.82, 2.24) is 10.2 Å². The highest BCUT2D eigenvalue weighted by Crippen LogP contribution is 2.29. The van der Waals surface area contributed by atoms with Gasteiger partial charge in [0, 0.05) is 5.56 Å². The lowest BCUT2D eigenvalue weighted by molar-refractivity contribution is -0.138. The second-order valence-corrected chi connectivity index (χ2v) is 4.60. The standard InChI is InChI=1S/C13H11F3N2O3/c1-7-11(20)17-10(19)6-18(7)12(21)8-2-4-9(5-3-8)13(14,15)16/h2-5,7H,6H2,1H3,(H,17,19,20). The number of amides is 3. The van der Waals surface area contributed by atoms with Crippen molar-refractivity contribution >= 4 is 17.7 Å². The van der Waals surface area contributed by atoms with E-state index in [2.05, 4.69) is 5.32 Å². The molecule has 21 heavy (non-hydrogen) atoms. The Labute approximate surface area is 117 Å². The largest absolute Gasteiger partial charge is 0.416 e.